The van der Waals surface area contributed by atoms with E-state index in [1.54, 1.807) is 24.3 Å². The molecule has 2 N–H and O–H groups in total. The lowest BCUT2D eigenvalue weighted by atomic mass is 9.89. The van der Waals surface area contributed by atoms with Crippen molar-refractivity contribution in [3.05, 3.63) is 29.8 Å². The average molecular weight is 338 g/mol. The van der Waals surface area contributed by atoms with Gasteiger partial charge in [0.05, 0.1) is 4.90 Å². The molecule has 1 amide bonds. The quantitative estimate of drug-likeness (QED) is 0.801. The third kappa shape index (κ3) is 5.95. The molecule has 5 nitrogen and oxygen atoms in total. The fourth-order valence-corrected chi connectivity index (χ4v) is 3.87. The highest BCUT2D eigenvalue weighted by Gasteiger charge is 2.16. The molecule has 0 unspecified atom stereocenters. The van der Waals surface area contributed by atoms with Crippen molar-refractivity contribution >= 4 is 15.9 Å². The highest BCUT2D eigenvalue weighted by molar-refractivity contribution is 7.89. The van der Waals surface area contributed by atoms with E-state index < -0.39 is 10.0 Å². The molecule has 1 aromatic carbocycles. The van der Waals surface area contributed by atoms with Crippen LogP contribution in [0.15, 0.2) is 29.2 Å². The van der Waals surface area contributed by atoms with Crippen LogP contribution in [0.5, 0.6) is 0 Å². The number of rotatable bonds is 7. The van der Waals surface area contributed by atoms with Gasteiger partial charge in [-0.25, -0.2) is 13.1 Å². The number of sulfonamides is 1. The molecule has 0 spiro atoms. The fourth-order valence-electron chi connectivity index (χ4n) is 2.84. The van der Waals surface area contributed by atoms with Crippen molar-refractivity contribution in [1.29, 1.82) is 0 Å². The van der Waals surface area contributed by atoms with E-state index in [2.05, 4.69) is 10.0 Å². The number of carbonyl (C=O) groups is 1. The van der Waals surface area contributed by atoms with Crippen molar-refractivity contribution in [2.45, 2.75) is 50.3 Å². The van der Waals surface area contributed by atoms with E-state index in [1.165, 1.54) is 32.1 Å². The Morgan fingerprint density at radius 3 is 2.43 bits per heavy atom. The number of nitrogens with one attached hydrogen (secondary N) is 2. The van der Waals surface area contributed by atoms with Crippen molar-refractivity contribution in [2.75, 3.05) is 13.1 Å². The Kier molecular flexibility index (Phi) is 6.59. The summed E-state index contributed by atoms with van der Waals surface area (Å²) in [6.45, 7) is 2.73. The molecule has 23 heavy (non-hydrogen) atoms. The topological polar surface area (TPSA) is 75.3 Å². The minimum absolute atomic E-state index is 0.0952. The molecule has 0 bridgehead atoms. The molecule has 2 rings (SSSR count). The average Bonchev–Trinajstić information content (AvgIpc) is 2.54. The Bertz CT molecular complexity index is 605. The minimum atomic E-state index is -3.54. The normalized spacial score (nSPS) is 16.2. The molecule has 128 valence electrons. The summed E-state index contributed by atoms with van der Waals surface area (Å²) in [7, 11) is -3.54. The lowest BCUT2D eigenvalue weighted by Gasteiger charge is -2.21. The summed E-state index contributed by atoms with van der Waals surface area (Å²) in [6.07, 6.45) is 6.32. The Hall–Kier alpha value is -1.40. The van der Waals surface area contributed by atoms with Gasteiger partial charge in [0.25, 0.3) is 0 Å². The van der Waals surface area contributed by atoms with Gasteiger partial charge in [0.15, 0.2) is 0 Å². The van der Waals surface area contributed by atoms with Crippen molar-refractivity contribution in [3.63, 3.8) is 0 Å². The van der Waals surface area contributed by atoms with Crippen LogP contribution in [0.2, 0.25) is 0 Å². The molecule has 0 radical (unpaired) electrons. The smallest absolute Gasteiger partial charge is 0.240 e. The predicted molar refractivity (Wildman–Crippen MR) is 90.6 cm³/mol. The molecule has 0 aliphatic heterocycles. The second-order valence-electron chi connectivity index (χ2n) is 6.27. The van der Waals surface area contributed by atoms with Crippen LogP contribution in [0, 0.1) is 12.8 Å². The molecule has 1 aliphatic carbocycles. The van der Waals surface area contributed by atoms with Crippen LogP contribution in [-0.4, -0.2) is 27.4 Å². The van der Waals surface area contributed by atoms with Gasteiger partial charge in [-0.1, -0.05) is 37.0 Å². The van der Waals surface area contributed by atoms with Gasteiger partial charge < -0.3 is 5.32 Å². The van der Waals surface area contributed by atoms with Crippen molar-refractivity contribution in [2.24, 2.45) is 5.92 Å². The summed E-state index contributed by atoms with van der Waals surface area (Å²) in [5.74, 6) is 0.485. The molecule has 1 saturated carbocycles. The number of carbonyl (C=O) groups excluding carboxylic acids is 1. The first-order valence-electron chi connectivity index (χ1n) is 8.30. The summed E-state index contributed by atoms with van der Waals surface area (Å²) in [5, 5.41) is 2.91. The first kappa shape index (κ1) is 17.9. The number of aryl methyl sites for hydroxylation is 1. The van der Waals surface area contributed by atoms with E-state index in [9.17, 15) is 13.2 Å². The van der Waals surface area contributed by atoms with Crippen LogP contribution in [0.1, 0.15) is 44.1 Å². The Labute approximate surface area is 138 Å². The lowest BCUT2D eigenvalue weighted by Crippen LogP contribution is -2.33. The maximum Gasteiger partial charge on any atom is 0.240 e. The number of hydrogen-bond donors (Lipinski definition) is 2. The molecule has 1 aromatic rings. The van der Waals surface area contributed by atoms with Crippen LogP contribution < -0.4 is 10.0 Å². The van der Waals surface area contributed by atoms with Gasteiger partial charge in [0.1, 0.15) is 0 Å². The largest absolute Gasteiger partial charge is 0.356 e. The van der Waals surface area contributed by atoms with Crippen molar-refractivity contribution < 1.29 is 13.2 Å². The molecule has 0 aromatic heterocycles. The first-order chi connectivity index (χ1) is 11.0. The summed E-state index contributed by atoms with van der Waals surface area (Å²) < 4.78 is 26.6. The monoisotopic (exact) mass is 338 g/mol. The van der Waals surface area contributed by atoms with Crippen molar-refractivity contribution in [3.8, 4) is 0 Å². The van der Waals surface area contributed by atoms with Gasteiger partial charge in [-0.2, -0.15) is 0 Å². The third-order valence-corrected chi connectivity index (χ3v) is 5.77. The van der Waals surface area contributed by atoms with Gasteiger partial charge in [-0.05, 0) is 37.8 Å². The summed E-state index contributed by atoms with van der Waals surface area (Å²) in [4.78, 5) is 12.0. The predicted octanol–water partition coefficient (Wildman–Crippen LogP) is 2.36. The summed E-state index contributed by atoms with van der Waals surface area (Å²) in [5.41, 5.74) is 1.01. The van der Waals surface area contributed by atoms with Crippen LogP contribution in [-0.2, 0) is 14.8 Å². The van der Waals surface area contributed by atoms with Gasteiger partial charge in [0, 0.05) is 19.5 Å². The molecular formula is C17H26N2O3S. The summed E-state index contributed by atoms with van der Waals surface area (Å²) >= 11 is 0. The first-order valence-corrected chi connectivity index (χ1v) is 9.79. The Morgan fingerprint density at radius 1 is 1.13 bits per heavy atom. The number of amides is 1. The molecule has 0 heterocycles. The van der Waals surface area contributed by atoms with E-state index in [-0.39, 0.29) is 23.8 Å². The maximum absolute atomic E-state index is 12.1. The van der Waals surface area contributed by atoms with Crippen molar-refractivity contribution in [1.82, 2.24) is 10.0 Å². The molecule has 6 heteroatoms. The van der Waals surface area contributed by atoms with Crippen LogP contribution in [0.4, 0.5) is 0 Å². The second kappa shape index (κ2) is 8.45. The van der Waals surface area contributed by atoms with Crippen LogP contribution >= 0.6 is 0 Å². The van der Waals surface area contributed by atoms with Gasteiger partial charge >= 0.3 is 0 Å². The maximum atomic E-state index is 12.1. The van der Waals surface area contributed by atoms with E-state index in [1.807, 2.05) is 6.92 Å². The van der Waals surface area contributed by atoms with E-state index >= 15 is 0 Å². The fraction of sp³-hybridized carbons (Fsp3) is 0.588. The molecule has 1 aliphatic rings. The van der Waals surface area contributed by atoms with Crippen LogP contribution in [0.25, 0.3) is 0 Å². The third-order valence-electron chi connectivity index (χ3n) is 4.29. The summed E-state index contributed by atoms with van der Waals surface area (Å²) in [6, 6.07) is 6.65. The van der Waals surface area contributed by atoms with E-state index in [0.717, 1.165) is 5.56 Å². The second-order valence-corrected chi connectivity index (χ2v) is 8.04. The SMILES string of the molecule is Cc1ccc(S(=O)(=O)NCCC(=O)NCC2CCCCC2)cc1. The highest BCUT2D eigenvalue weighted by atomic mass is 32.2. The van der Waals surface area contributed by atoms with Gasteiger partial charge in [0.2, 0.25) is 15.9 Å². The van der Waals surface area contributed by atoms with Crippen LogP contribution in [0.3, 0.4) is 0 Å². The zero-order valence-electron chi connectivity index (χ0n) is 13.7. The number of benzene rings is 1. The zero-order chi connectivity index (χ0) is 16.7. The van der Waals surface area contributed by atoms with E-state index in [0.29, 0.717) is 12.5 Å². The molecule has 1 fully saturated rings. The lowest BCUT2D eigenvalue weighted by molar-refractivity contribution is -0.121. The standard InChI is InChI=1S/C17H26N2O3S/c1-14-7-9-16(10-8-14)23(21,22)19-12-11-17(20)18-13-15-5-3-2-4-6-15/h7-10,15,19H,2-6,11-13H2,1H3,(H,18,20). The Morgan fingerprint density at radius 2 is 1.78 bits per heavy atom. The Balaban J connectivity index is 1.70. The van der Waals surface area contributed by atoms with E-state index in [4.69, 9.17) is 0 Å². The molecular weight excluding hydrogens is 312 g/mol. The highest BCUT2D eigenvalue weighted by Crippen LogP contribution is 2.22. The van der Waals surface area contributed by atoms with Gasteiger partial charge in [-0.15, -0.1) is 0 Å². The number of hydrogen-bond acceptors (Lipinski definition) is 3. The zero-order valence-corrected chi connectivity index (χ0v) is 14.5. The molecule has 0 saturated heterocycles. The van der Waals surface area contributed by atoms with Gasteiger partial charge in [-0.3, -0.25) is 4.79 Å². The molecule has 0 atom stereocenters. The minimum Gasteiger partial charge on any atom is -0.356 e.